The molecule has 1 aliphatic heterocycles. The molecule has 2 aromatic rings. The minimum absolute atomic E-state index is 0.539. The van der Waals surface area contributed by atoms with Crippen LogP contribution in [-0.2, 0) is 10.3 Å². The van der Waals surface area contributed by atoms with E-state index in [9.17, 15) is 0 Å². The normalized spacial score (nSPS) is 15.0. The van der Waals surface area contributed by atoms with Crippen molar-refractivity contribution in [1.29, 1.82) is 0 Å². The molecule has 3 rings (SSSR count). The maximum absolute atomic E-state index is 6.35. The summed E-state index contributed by atoms with van der Waals surface area (Å²) in [7, 11) is 9.57. The number of ether oxygens (including phenoxy) is 7. The average molecular weight is 404 g/mol. The molecule has 0 unspecified atom stereocenters. The molecule has 2 aromatic carbocycles. The quantitative estimate of drug-likeness (QED) is 0.663. The largest absolute Gasteiger partial charge is 0.493 e. The second-order valence-electron chi connectivity index (χ2n) is 6.61. The molecule has 0 atom stereocenters. The van der Waals surface area contributed by atoms with Crippen molar-refractivity contribution in [3.8, 4) is 34.5 Å². The number of hydrogen-bond donors (Lipinski definition) is 0. The van der Waals surface area contributed by atoms with E-state index in [4.69, 9.17) is 33.2 Å². The van der Waals surface area contributed by atoms with Gasteiger partial charge in [0.2, 0.25) is 11.5 Å². The minimum Gasteiger partial charge on any atom is -0.493 e. The molecule has 7 nitrogen and oxygen atoms in total. The summed E-state index contributed by atoms with van der Waals surface area (Å²) in [6.45, 7) is 0.632. The van der Waals surface area contributed by atoms with Crippen molar-refractivity contribution in [3.05, 3.63) is 35.4 Å². The molecule has 1 heterocycles. The predicted octanol–water partition coefficient (Wildman–Crippen LogP) is 3.79. The van der Waals surface area contributed by atoms with E-state index in [2.05, 4.69) is 0 Å². The third-order valence-corrected chi connectivity index (χ3v) is 5.28. The standard InChI is InChI=1S/C22H28O7/c1-23-16-10-14(11-17(24-2)20(16)27-5)22(8-7-9-29-22)15-12-18(25-3)21(28-6)19(13-15)26-4/h10-13H,7-9H2,1-6H3. The summed E-state index contributed by atoms with van der Waals surface area (Å²) in [5.74, 6) is 3.37. The lowest BCUT2D eigenvalue weighted by Crippen LogP contribution is -2.27. The fourth-order valence-electron chi connectivity index (χ4n) is 3.89. The van der Waals surface area contributed by atoms with E-state index in [-0.39, 0.29) is 0 Å². The number of rotatable bonds is 8. The van der Waals surface area contributed by atoms with E-state index in [0.717, 1.165) is 24.0 Å². The van der Waals surface area contributed by atoms with Gasteiger partial charge in [-0.05, 0) is 48.2 Å². The van der Waals surface area contributed by atoms with Crippen LogP contribution in [0.15, 0.2) is 24.3 Å². The van der Waals surface area contributed by atoms with Gasteiger partial charge in [0.1, 0.15) is 5.60 Å². The van der Waals surface area contributed by atoms with Crippen LogP contribution in [0.1, 0.15) is 24.0 Å². The summed E-state index contributed by atoms with van der Waals surface area (Å²) in [5.41, 5.74) is 1.09. The Morgan fingerprint density at radius 3 is 1.24 bits per heavy atom. The van der Waals surface area contributed by atoms with Gasteiger partial charge in [-0.15, -0.1) is 0 Å². The van der Waals surface area contributed by atoms with Gasteiger partial charge < -0.3 is 33.2 Å². The van der Waals surface area contributed by atoms with Crippen molar-refractivity contribution in [2.45, 2.75) is 18.4 Å². The third-order valence-electron chi connectivity index (χ3n) is 5.28. The molecular formula is C22H28O7. The summed E-state index contributed by atoms with van der Waals surface area (Å²) in [5, 5.41) is 0. The average Bonchev–Trinajstić information content (AvgIpc) is 3.27. The van der Waals surface area contributed by atoms with Crippen LogP contribution >= 0.6 is 0 Å². The highest BCUT2D eigenvalue weighted by molar-refractivity contribution is 5.60. The van der Waals surface area contributed by atoms with Gasteiger partial charge in [-0.1, -0.05) is 0 Å². The molecule has 0 aromatic heterocycles. The summed E-state index contributed by atoms with van der Waals surface area (Å²) in [6.07, 6.45) is 1.69. The molecule has 0 aliphatic carbocycles. The van der Waals surface area contributed by atoms with E-state index in [0.29, 0.717) is 41.1 Å². The first-order valence-corrected chi connectivity index (χ1v) is 9.33. The Bertz CT molecular complexity index is 741. The fraction of sp³-hybridized carbons (Fsp3) is 0.455. The smallest absolute Gasteiger partial charge is 0.203 e. The SMILES string of the molecule is COc1cc(C2(c3cc(OC)c(OC)c(OC)c3)CCCO2)cc(OC)c1OC. The Hall–Kier alpha value is -2.80. The zero-order valence-electron chi connectivity index (χ0n) is 17.8. The predicted molar refractivity (Wildman–Crippen MR) is 108 cm³/mol. The Morgan fingerprint density at radius 2 is 1.00 bits per heavy atom. The van der Waals surface area contributed by atoms with Crippen LogP contribution < -0.4 is 28.4 Å². The van der Waals surface area contributed by atoms with Crippen LogP contribution in [0.3, 0.4) is 0 Å². The Kier molecular flexibility index (Phi) is 6.27. The van der Waals surface area contributed by atoms with Crippen LogP contribution in [-0.4, -0.2) is 49.3 Å². The van der Waals surface area contributed by atoms with E-state index in [1.54, 1.807) is 42.7 Å². The third kappa shape index (κ3) is 3.51. The number of hydrogen-bond acceptors (Lipinski definition) is 7. The zero-order valence-corrected chi connectivity index (χ0v) is 17.8. The highest BCUT2D eigenvalue weighted by Crippen LogP contribution is 2.50. The number of benzene rings is 2. The molecular weight excluding hydrogens is 376 g/mol. The van der Waals surface area contributed by atoms with E-state index in [1.165, 1.54) is 0 Å². The fourth-order valence-corrected chi connectivity index (χ4v) is 3.89. The van der Waals surface area contributed by atoms with Crippen molar-refractivity contribution in [2.24, 2.45) is 0 Å². The maximum Gasteiger partial charge on any atom is 0.203 e. The summed E-state index contributed by atoms with van der Waals surface area (Å²) < 4.78 is 39.5. The van der Waals surface area contributed by atoms with Crippen molar-refractivity contribution < 1.29 is 33.2 Å². The van der Waals surface area contributed by atoms with Gasteiger partial charge >= 0.3 is 0 Å². The first kappa shape index (κ1) is 20.9. The van der Waals surface area contributed by atoms with Gasteiger partial charge in [-0.3, -0.25) is 0 Å². The zero-order chi connectivity index (χ0) is 21.0. The van der Waals surface area contributed by atoms with Crippen molar-refractivity contribution in [1.82, 2.24) is 0 Å². The first-order chi connectivity index (χ1) is 14.1. The van der Waals surface area contributed by atoms with Crippen LogP contribution in [0.25, 0.3) is 0 Å². The highest BCUT2D eigenvalue weighted by Gasteiger charge is 2.41. The Labute approximate surface area is 171 Å². The molecule has 0 radical (unpaired) electrons. The molecule has 0 spiro atoms. The lowest BCUT2D eigenvalue weighted by molar-refractivity contribution is 0.0351. The van der Waals surface area contributed by atoms with Crippen molar-refractivity contribution in [2.75, 3.05) is 49.3 Å². The summed E-state index contributed by atoms with van der Waals surface area (Å²) in [6, 6.07) is 7.71. The van der Waals surface area contributed by atoms with Gasteiger partial charge in [0.15, 0.2) is 23.0 Å². The molecule has 158 valence electrons. The lowest BCUT2D eigenvalue weighted by atomic mass is 9.83. The first-order valence-electron chi connectivity index (χ1n) is 9.33. The molecule has 0 bridgehead atoms. The molecule has 1 saturated heterocycles. The molecule has 1 fully saturated rings. The van der Waals surface area contributed by atoms with Gasteiger partial charge in [0.05, 0.1) is 42.7 Å². The summed E-state index contributed by atoms with van der Waals surface area (Å²) >= 11 is 0. The molecule has 0 N–H and O–H groups in total. The molecule has 0 amide bonds. The second-order valence-corrected chi connectivity index (χ2v) is 6.61. The Balaban J connectivity index is 2.25. The monoisotopic (exact) mass is 404 g/mol. The van der Waals surface area contributed by atoms with Crippen molar-refractivity contribution in [3.63, 3.8) is 0 Å². The highest BCUT2D eigenvalue weighted by atomic mass is 16.5. The van der Waals surface area contributed by atoms with E-state index >= 15 is 0 Å². The molecule has 7 heteroatoms. The Morgan fingerprint density at radius 1 is 0.621 bits per heavy atom. The minimum atomic E-state index is -0.709. The topological polar surface area (TPSA) is 64.6 Å². The van der Waals surface area contributed by atoms with E-state index in [1.807, 2.05) is 24.3 Å². The van der Waals surface area contributed by atoms with Crippen LogP contribution in [0.5, 0.6) is 34.5 Å². The second kappa shape index (κ2) is 8.69. The molecule has 1 aliphatic rings. The molecule has 0 saturated carbocycles. The van der Waals surface area contributed by atoms with Gasteiger partial charge in [0, 0.05) is 6.61 Å². The van der Waals surface area contributed by atoms with Crippen molar-refractivity contribution >= 4 is 0 Å². The maximum atomic E-state index is 6.35. The van der Waals surface area contributed by atoms with Gasteiger partial charge in [-0.2, -0.15) is 0 Å². The molecule has 29 heavy (non-hydrogen) atoms. The van der Waals surface area contributed by atoms with Gasteiger partial charge in [0.25, 0.3) is 0 Å². The van der Waals surface area contributed by atoms with E-state index < -0.39 is 5.60 Å². The van der Waals surface area contributed by atoms with Crippen LogP contribution in [0.2, 0.25) is 0 Å². The lowest BCUT2D eigenvalue weighted by Gasteiger charge is -2.31. The summed E-state index contributed by atoms with van der Waals surface area (Å²) in [4.78, 5) is 0. The van der Waals surface area contributed by atoms with Gasteiger partial charge in [-0.25, -0.2) is 0 Å². The van der Waals surface area contributed by atoms with Crippen LogP contribution in [0, 0.1) is 0 Å². The van der Waals surface area contributed by atoms with Crippen LogP contribution in [0.4, 0.5) is 0 Å². The number of methoxy groups -OCH3 is 6.